The summed E-state index contributed by atoms with van der Waals surface area (Å²) < 4.78 is 35.3. The number of benzene rings is 2. The van der Waals surface area contributed by atoms with Crippen molar-refractivity contribution in [1.82, 2.24) is 5.32 Å². The highest BCUT2D eigenvalue weighted by atomic mass is 32.2. The Morgan fingerprint density at radius 2 is 1.88 bits per heavy atom. The van der Waals surface area contributed by atoms with E-state index in [4.69, 9.17) is 5.14 Å². The number of carbonyl (C=O) groups excluding carboxylic acids is 1. The summed E-state index contributed by atoms with van der Waals surface area (Å²) in [6, 6.07) is 12.1. The van der Waals surface area contributed by atoms with E-state index in [1.54, 1.807) is 24.3 Å². The monoisotopic (exact) mass is 348 g/mol. The fraction of sp³-hybridized carbons (Fsp3) is 0.118. The van der Waals surface area contributed by atoms with E-state index in [-0.39, 0.29) is 16.6 Å². The van der Waals surface area contributed by atoms with Gasteiger partial charge in [0, 0.05) is 12.6 Å². The van der Waals surface area contributed by atoms with Gasteiger partial charge >= 0.3 is 0 Å². The molecule has 0 spiro atoms. The molecule has 0 fully saturated rings. The fourth-order valence-electron chi connectivity index (χ4n) is 2.02. The third-order valence-corrected chi connectivity index (χ3v) is 4.17. The standard InChI is InChI=1S/C17H17FN2O3S/c18-15-3-1-2-14(12-15)6-9-17(21)20-11-10-13-4-7-16(8-5-13)24(19,22)23/h1-9,12H,10-11H2,(H,20,21)(H2,19,22,23)/b9-6+. The van der Waals surface area contributed by atoms with Crippen molar-refractivity contribution >= 4 is 22.0 Å². The molecule has 0 atom stereocenters. The maximum atomic E-state index is 13.0. The predicted octanol–water partition coefficient (Wildman–Crippen LogP) is 1.85. The number of hydrogen-bond acceptors (Lipinski definition) is 3. The van der Waals surface area contributed by atoms with Crippen LogP contribution in [0.1, 0.15) is 11.1 Å². The second-order valence-electron chi connectivity index (χ2n) is 5.12. The van der Waals surface area contributed by atoms with E-state index in [9.17, 15) is 17.6 Å². The molecule has 0 bridgehead atoms. The first-order chi connectivity index (χ1) is 11.3. The number of hydrogen-bond donors (Lipinski definition) is 2. The van der Waals surface area contributed by atoms with Crippen LogP contribution in [0.2, 0.25) is 0 Å². The summed E-state index contributed by atoms with van der Waals surface area (Å²) in [5.41, 5.74) is 1.47. The van der Waals surface area contributed by atoms with E-state index in [0.717, 1.165) is 5.56 Å². The summed E-state index contributed by atoms with van der Waals surface area (Å²) in [6.45, 7) is 0.390. The zero-order chi connectivity index (χ0) is 17.6. The number of rotatable bonds is 6. The zero-order valence-electron chi connectivity index (χ0n) is 12.8. The number of halogens is 1. The van der Waals surface area contributed by atoms with E-state index >= 15 is 0 Å². The molecule has 0 saturated carbocycles. The van der Waals surface area contributed by atoms with Crippen molar-refractivity contribution in [2.75, 3.05) is 6.54 Å². The molecule has 7 heteroatoms. The van der Waals surface area contributed by atoms with Crippen molar-refractivity contribution in [1.29, 1.82) is 0 Å². The number of amides is 1. The first-order valence-electron chi connectivity index (χ1n) is 7.18. The van der Waals surface area contributed by atoms with Gasteiger partial charge in [0.05, 0.1) is 4.90 Å². The minimum Gasteiger partial charge on any atom is -0.352 e. The number of sulfonamides is 1. The van der Waals surface area contributed by atoms with Gasteiger partial charge in [0.15, 0.2) is 0 Å². The minimum absolute atomic E-state index is 0.0494. The summed E-state index contributed by atoms with van der Waals surface area (Å²) in [7, 11) is -3.70. The largest absolute Gasteiger partial charge is 0.352 e. The minimum atomic E-state index is -3.70. The second kappa shape index (κ2) is 7.85. The van der Waals surface area contributed by atoms with Gasteiger partial charge in [-0.3, -0.25) is 4.79 Å². The highest BCUT2D eigenvalue weighted by Crippen LogP contribution is 2.09. The van der Waals surface area contributed by atoms with Crippen LogP contribution in [0.3, 0.4) is 0 Å². The third kappa shape index (κ3) is 5.60. The lowest BCUT2D eigenvalue weighted by molar-refractivity contribution is -0.116. The number of primary sulfonamides is 1. The molecule has 0 saturated heterocycles. The average Bonchev–Trinajstić information content (AvgIpc) is 2.53. The molecule has 126 valence electrons. The molecule has 5 nitrogen and oxygen atoms in total. The summed E-state index contributed by atoms with van der Waals surface area (Å²) in [5.74, 6) is -0.652. The van der Waals surface area contributed by atoms with E-state index < -0.39 is 10.0 Å². The normalized spacial score (nSPS) is 11.6. The Kier molecular flexibility index (Phi) is 5.83. The van der Waals surface area contributed by atoms with Crippen LogP contribution in [0.5, 0.6) is 0 Å². The zero-order valence-corrected chi connectivity index (χ0v) is 13.6. The van der Waals surface area contributed by atoms with Crippen LogP contribution < -0.4 is 10.5 Å². The smallest absolute Gasteiger partial charge is 0.244 e. The molecule has 3 N–H and O–H groups in total. The summed E-state index contributed by atoms with van der Waals surface area (Å²) in [6.07, 6.45) is 3.41. The van der Waals surface area contributed by atoms with Crippen LogP contribution >= 0.6 is 0 Å². The van der Waals surface area contributed by atoms with Crippen molar-refractivity contribution in [3.63, 3.8) is 0 Å². The Bertz CT molecular complexity index is 846. The van der Waals surface area contributed by atoms with Crippen molar-refractivity contribution in [3.8, 4) is 0 Å². The van der Waals surface area contributed by atoms with E-state index in [0.29, 0.717) is 18.5 Å². The van der Waals surface area contributed by atoms with E-state index in [2.05, 4.69) is 5.32 Å². The van der Waals surface area contributed by atoms with E-state index in [1.165, 1.54) is 36.4 Å². The SMILES string of the molecule is NS(=O)(=O)c1ccc(CCNC(=O)/C=C/c2cccc(F)c2)cc1. The van der Waals surface area contributed by atoms with Crippen molar-refractivity contribution in [3.05, 3.63) is 71.6 Å². The maximum absolute atomic E-state index is 13.0. The van der Waals surface area contributed by atoms with Gasteiger partial charge < -0.3 is 5.32 Å². The van der Waals surface area contributed by atoms with Gasteiger partial charge in [0.2, 0.25) is 15.9 Å². The number of carbonyl (C=O) groups is 1. The average molecular weight is 348 g/mol. The number of nitrogens with two attached hydrogens (primary N) is 1. The lowest BCUT2D eigenvalue weighted by Crippen LogP contribution is -2.23. The molecule has 2 rings (SSSR count). The molecule has 0 aromatic heterocycles. The van der Waals surface area contributed by atoms with Crippen LogP contribution in [0, 0.1) is 5.82 Å². The fourth-order valence-corrected chi connectivity index (χ4v) is 2.53. The van der Waals surface area contributed by atoms with Gasteiger partial charge in [0.25, 0.3) is 0 Å². The Hall–Kier alpha value is -2.51. The van der Waals surface area contributed by atoms with Crippen LogP contribution in [-0.2, 0) is 21.2 Å². The first kappa shape index (κ1) is 17.8. The molecule has 0 heterocycles. The quantitative estimate of drug-likeness (QED) is 0.781. The lowest BCUT2D eigenvalue weighted by atomic mass is 10.1. The first-order valence-corrected chi connectivity index (χ1v) is 8.72. The molecular weight excluding hydrogens is 331 g/mol. The lowest BCUT2D eigenvalue weighted by Gasteiger charge is -2.04. The highest BCUT2D eigenvalue weighted by Gasteiger charge is 2.06. The summed E-state index contributed by atoms with van der Waals surface area (Å²) in [4.78, 5) is 11.7. The van der Waals surface area contributed by atoms with Gasteiger partial charge in [-0.25, -0.2) is 17.9 Å². The second-order valence-corrected chi connectivity index (χ2v) is 6.68. The van der Waals surface area contributed by atoms with Gasteiger partial charge in [-0.15, -0.1) is 0 Å². The van der Waals surface area contributed by atoms with Crippen LogP contribution in [0.25, 0.3) is 6.08 Å². The number of nitrogens with one attached hydrogen (secondary N) is 1. The maximum Gasteiger partial charge on any atom is 0.244 e. The van der Waals surface area contributed by atoms with Gasteiger partial charge in [-0.05, 0) is 47.9 Å². The Balaban J connectivity index is 1.82. The molecule has 0 aliphatic heterocycles. The van der Waals surface area contributed by atoms with Crippen molar-refractivity contribution in [2.24, 2.45) is 5.14 Å². The van der Waals surface area contributed by atoms with Crippen molar-refractivity contribution < 1.29 is 17.6 Å². The molecule has 2 aromatic rings. The topological polar surface area (TPSA) is 89.3 Å². The molecule has 0 aliphatic carbocycles. The van der Waals surface area contributed by atoms with Gasteiger partial charge in [-0.2, -0.15) is 0 Å². The summed E-state index contributed by atoms with van der Waals surface area (Å²) >= 11 is 0. The molecule has 2 aromatic carbocycles. The van der Waals surface area contributed by atoms with Crippen LogP contribution in [0.15, 0.2) is 59.5 Å². The molecular formula is C17H17FN2O3S. The predicted molar refractivity (Wildman–Crippen MR) is 90.0 cm³/mol. The Labute approximate surface area is 140 Å². The van der Waals surface area contributed by atoms with Crippen LogP contribution in [0.4, 0.5) is 4.39 Å². The molecule has 24 heavy (non-hydrogen) atoms. The molecule has 0 unspecified atom stereocenters. The highest BCUT2D eigenvalue weighted by molar-refractivity contribution is 7.89. The van der Waals surface area contributed by atoms with Crippen molar-refractivity contribution in [2.45, 2.75) is 11.3 Å². The molecule has 1 amide bonds. The van der Waals surface area contributed by atoms with Crippen LogP contribution in [-0.4, -0.2) is 20.9 Å². The summed E-state index contributed by atoms with van der Waals surface area (Å²) in [5, 5.41) is 7.72. The molecule has 0 radical (unpaired) electrons. The van der Waals surface area contributed by atoms with Gasteiger partial charge in [0.1, 0.15) is 5.82 Å². The Morgan fingerprint density at radius 3 is 2.50 bits per heavy atom. The molecule has 0 aliphatic rings. The van der Waals surface area contributed by atoms with Gasteiger partial charge in [-0.1, -0.05) is 24.3 Å². The van der Waals surface area contributed by atoms with E-state index in [1.807, 2.05) is 0 Å². The third-order valence-electron chi connectivity index (χ3n) is 3.24. The Morgan fingerprint density at radius 1 is 1.17 bits per heavy atom.